The number of hydrogen-bond donors (Lipinski definition) is 3. The highest BCUT2D eigenvalue weighted by atomic mass is 16.6. The van der Waals surface area contributed by atoms with E-state index < -0.39 is 5.97 Å². The van der Waals surface area contributed by atoms with E-state index in [9.17, 15) is 4.79 Å². The molecule has 0 bridgehead atoms. The van der Waals surface area contributed by atoms with Crippen molar-refractivity contribution >= 4 is 5.97 Å². The molecule has 0 aliphatic carbocycles. The minimum absolute atomic E-state index is 0.0219. The van der Waals surface area contributed by atoms with Crippen molar-refractivity contribution < 1.29 is 28.8 Å². The second-order valence-electron chi connectivity index (χ2n) is 4.45. The van der Waals surface area contributed by atoms with E-state index in [0.29, 0.717) is 46.2 Å². The summed E-state index contributed by atoms with van der Waals surface area (Å²) in [6.45, 7) is 6.60. The topological polar surface area (TPSA) is 98.3 Å². The molecule has 0 saturated carbocycles. The lowest BCUT2D eigenvalue weighted by molar-refractivity contribution is -0.138. The Kier molecular flexibility index (Phi) is 17.6. The average Bonchev–Trinajstić information content (AvgIpc) is 2.50. The zero-order valence-corrected chi connectivity index (χ0v) is 13.5. The summed E-state index contributed by atoms with van der Waals surface area (Å²) in [5.41, 5.74) is 0. The fourth-order valence-corrected chi connectivity index (χ4v) is 1.40. The van der Waals surface area contributed by atoms with Crippen LogP contribution in [0, 0.1) is 0 Å². The molecule has 132 valence electrons. The molecule has 0 aliphatic rings. The predicted octanol–water partition coefficient (Wildman–Crippen LogP) is -0.663. The van der Waals surface area contributed by atoms with E-state index in [1.807, 2.05) is 7.05 Å². The van der Waals surface area contributed by atoms with Gasteiger partial charge >= 0.3 is 5.97 Å². The van der Waals surface area contributed by atoms with Crippen molar-refractivity contribution in [3.63, 3.8) is 0 Å². The van der Waals surface area contributed by atoms with Gasteiger partial charge in [0, 0.05) is 19.6 Å². The van der Waals surface area contributed by atoms with E-state index in [4.69, 9.17) is 24.1 Å². The number of likely N-dealkylation sites (N-methyl/N-ethyl adjacent to an activating group) is 1. The maximum atomic E-state index is 10.2. The Morgan fingerprint density at radius 1 is 0.773 bits per heavy atom. The lowest BCUT2D eigenvalue weighted by Gasteiger charge is -2.07. The standard InChI is InChI=1S/C14H30N2O6/c1-15-3-4-16-5-7-20-9-11-22-13-12-21-10-8-19-6-2-14(17)18/h15-16H,2-13H2,1H3,(H,17,18). The minimum atomic E-state index is -0.856. The molecule has 0 saturated heterocycles. The highest BCUT2D eigenvalue weighted by Gasteiger charge is 1.96. The molecule has 0 aromatic carbocycles. The molecule has 0 radical (unpaired) electrons. The summed E-state index contributed by atoms with van der Waals surface area (Å²) in [6.07, 6.45) is 0.0219. The van der Waals surface area contributed by atoms with Gasteiger partial charge in [0.15, 0.2) is 0 Å². The van der Waals surface area contributed by atoms with Gasteiger partial charge in [0.25, 0.3) is 0 Å². The van der Waals surface area contributed by atoms with Crippen LogP contribution in [0.15, 0.2) is 0 Å². The van der Waals surface area contributed by atoms with Crippen LogP contribution in [0.3, 0.4) is 0 Å². The highest BCUT2D eigenvalue weighted by molar-refractivity contribution is 5.66. The van der Waals surface area contributed by atoms with E-state index in [-0.39, 0.29) is 13.0 Å². The lowest BCUT2D eigenvalue weighted by Crippen LogP contribution is -2.28. The molecule has 0 spiro atoms. The summed E-state index contributed by atoms with van der Waals surface area (Å²) in [6, 6.07) is 0. The fourth-order valence-electron chi connectivity index (χ4n) is 1.40. The van der Waals surface area contributed by atoms with Crippen molar-refractivity contribution in [2.75, 3.05) is 79.5 Å². The second-order valence-corrected chi connectivity index (χ2v) is 4.45. The third kappa shape index (κ3) is 19.2. The summed E-state index contributed by atoms with van der Waals surface area (Å²) >= 11 is 0. The highest BCUT2D eigenvalue weighted by Crippen LogP contribution is 1.85. The van der Waals surface area contributed by atoms with Crippen molar-refractivity contribution in [2.24, 2.45) is 0 Å². The van der Waals surface area contributed by atoms with Crippen LogP contribution in [0.1, 0.15) is 6.42 Å². The number of aliphatic carboxylic acids is 1. The predicted molar refractivity (Wildman–Crippen MR) is 82.3 cm³/mol. The molecule has 0 amide bonds. The van der Waals surface area contributed by atoms with E-state index in [0.717, 1.165) is 19.6 Å². The SMILES string of the molecule is CNCCNCCOCCOCCOCCOCCC(=O)O. The van der Waals surface area contributed by atoms with Gasteiger partial charge in [-0.3, -0.25) is 4.79 Å². The lowest BCUT2D eigenvalue weighted by atomic mass is 10.5. The monoisotopic (exact) mass is 322 g/mol. The van der Waals surface area contributed by atoms with Gasteiger partial charge in [-0.05, 0) is 7.05 Å². The molecule has 0 aromatic rings. The van der Waals surface area contributed by atoms with Crippen molar-refractivity contribution in [1.82, 2.24) is 10.6 Å². The molecule has 22 heavy (non-hydrogen) atoms. The molecule has 0 heterocycles. The molecular formula is C14H30N2O6. The molecule has 0 atom stereocenters. The van der Waals surface area contributed by atoms with Gasteiger partial charge in [-0.1, -0.05) is 0 Å². The number of carboxylic acids is 1. The molecule has 0 aliphatic heterocycles. The molecule has 0 fully saturated rings. The number of carbonyl (C=O) groups is 1. The molecule has 3 N–H and O–H groups in total. The first kappa shape index (κ1) is 21.2. The fraction of sp³-hybridized carbons (Fsp3) is 0.929. The Morgan fingerprint density at radius 3 is 1.77 bits per heavy atom. The first-order valence-electron chi connectivity index (χ1n) is 7.65. The third-order valence-corrected chi connectivity index (χ3v) is 2.55. The first-order valence-corrected chi connectivity index (χ1v) is 7.65. The molecule has 0 unspecified atom stereocenters. The normalized spacial score (nSPS) is 11.0. The zero-order valence-electron chi connectivity index (χ0n) is 13.5. The summed E-state index contributed by atoms with van der Waals surface area (Å²) in [5, 5.41) is 14.7. The van der Waals surface area contributed by atoms with Crippen LogP contribution in [-0.2, 0) is 23.7 Å². The summed E-state index contributed by atoms with van der Waals surface area (Å²) in [7, 11) is 1.92. The van der Waals surface area contributed by atoms with E-state index in [1.165, 1.54) is 0 Å². The molecule has 0 rings (SSSR count). The van der Waals surface area contributed by atoms with Crippen LogP contribution in [0.2, 0.25) is 0 Å². The van der Waals surface area contributed by atoms with Gasteiger partial charge in [0.1, 0.15) is 0 Å². The second kappa shape index (κ2) is 18.3. The summed E-state index contributed by atoms with van der Waals surface area (Å²) < 4.78 is 21.1. The van der Waals surface area contributed by atoms with E-state index >= 15 is 0 Å². The number of hydrogen-bond acceptors (Lipinski definition) is 7. The van der Waals surface area contributed by atoms with Crippen LogP contribution < -0.4 is 10.6 Å². The van der Waals surface area contributed by atoms with Crippen molar-refractivity contribution in [3.05, 3.63) is 0 Å². The van der Waals surface area contributed by atoms with Crippen molar-refractivity contribution in [3.8, 4) is 0 Å². The molecular weight excluding hydrogens is 292 g/mol. The number of carboxylic acid groups (broad SMARTS) is 1. The van der Waals surface area contributed by atoms with Crippen LogP contribution in [0.25, 0.3) is 0 Å². The summed E-state index contributed by atoms with van der Waals surface area (Å²) in [5.74, 6) is -0.856. The number of ether oxygens (including phenoxy) is 4. The molecule has 8 heteroatoms. The maximum Gasteiger partial charge on any atom is 0.305 e. The van der Waals surface area contributed by atoms with E-state index in [2.05, 4.69) is 10.6 Å². The number of rotatable bonds is 18. The first-order chi connectivity index (χ1) is 10.8. The van der Waals surface area contributed by atoms with E-state index in [1.54, 1.807) is 0 Å². The minimum Gasteiger partial charge on any atom is -0.481 e. The Hall–Kier alpha value is -0.770. The number of nitrogens with one attached hydrogen (secondary N) is 2. The zero-order chi connectivity index (χ0) is 16.3. The van der Waals surface area contributed by atoms with Crippen molar-refractivity contribution in [1.29, 1.82) is 0 Å². The largest absolute Gasteiger partial charge is 0.481 e. The molecule has 0 aromatic heterocycles. The van der Waals surface area contributed by atoms with Gasteiger partial charge in [0.05, 0.1) is 59.3 Å². The van der Waals surface area contributed by atoms with Gasteiger partial charge < -0.3 is 34.7 Å². The van der Waals surface area contributed by atoms with Gasteiger partial charge in [-0.25, -0.2) is 0 Å². The van der Waals surface area contributed by atoms with Crippen LogP contribution >= 0.6 is 0 Å². The van der Waals surface area contributed by atoms with Gasteiger partial charge in [-0.2, -0.15) is 0 Å². The Labute approximate surface area is 132 Å². The van der Waals surface area contributed by atoms with Gasteiger partial charge in [-0.15, -0.1) is 0 Å². The Balaban J connectivity index is 2.95. The smallest absolute Gasteiger partial charge is 0.305 e. The van der Waals surface area contributed by atoms with Crippen LogP contribution in [0.4, 0.5) is 0 Å². The quantitative estimate of drug-likeness (QED) is 0.286. The third-order valence-electron chi connectivity index (χ3n) is 2.55. The molecule has 8 nitrogen and oxygen atoms in total. The van der Waals surface area contributed by atoms with Crippen LogP contribution in [-0.4, -0.2) is 90.6 Å². The Bertz CT molecular complexity index is 243. The van der Waals surface area contributed by atoms with Gasteiger partial charge in [0.2, 0.25) is 0 Å². The van der Waals surface area contributed by atoms with Crippen LogP contribution in [0.5, 0.6) is 0 Å². The summed E-state index contributed by atoms with van der Waals surface area (Å²) in [4.78, 5) is 10.2. The maximum absolute atomic E-state index is 10.2. The average molecular weight is 322 g/mol. The Morgan fingerprint density at radius 2 is 1.27 bits per heavy atom. The van der Waals surface area contributed by atoms with Crippen molar-refractivity contribution in [2.45, 2.75) is 6.42 Å².